The van der Waals surface area contributed by atoms with E-state index in [4.69, 9.17) is 16.0 Å². The molecule has 0 spiro atoms. The van der Waals surface area contributed by atoms with Crippen molar-refractivity contribution in [3.05, 3.63) is 63.6 Å². The largest absolute Gasteiger partial charge is 0.421 e. The molecule has 0 bridgehead atoms. The fraction of sp³-hybridized carbons (Fsp3) is 0.176. The lowest BCUT2D eigenvalue weighted by Gasteiger charge is -2.08. The van der Waals surface area contributed by atoms with E-state index < -0.39 is 11.7 Å². The Labute approximate surface area is 152 Å². The second kappa shape index (κ2) is 7.49. The number of pyridine rings is 1. The molecule has 26 heavy (non-hydrogen) atoms. The van der Waals surface area contributed by atoms with Gasteiger partial charge in [0.25, 0.3) is 5.56 Å². The molecule has 0 aliphatic carbocycles. The second-order valence-corrected chi connectivity index (χ2v) is 5.82. The zero-order valence-electron chi connectivity index (χ0n) is 13.7. The first-order chi connectivity index (χ1) is 12.5. The Hall–Kier alpha value is -3.00. The standard InChI is InChI=1S/C17H14ClFN4O3/c1-2-15-21-22-17(26-15)10-3-6-16(25)23(8-10)9-14(24)20-11-4-5-13(19)12(18)7-11/h3-8H,2,9H2,1H3,(H,20,24). The molecule has 0 saturated carbocycles. The molecule has 0 atom stereocenters. The van der Waals surface area contributed by atoms with Crippen LogP contribution in [0.1, 0.15) is 12.8 Å². The van der Waals surface area contributed by atoms with E-state index in [1.54, 1.807) is 6.07 Å². The van der Waals surface area contributed by atoms with Crippen LogP contribution in [0.15, 0.2) is 45.7 Å². The number of amides is 1. The van der Waals surface area contributed by atoms with Crippen molar-refractivity contribution in [2.45, 2.75) is 19.9 Å². The summed E-state index contributed by atoms with van der Waals surface area (Å²) in [6.07, 6.45) is 2.06. The highest BCUT2D eigenvalue weighted by Gasteiger charge is 2.11. The van der Waals surface area contributed by atoms with E-state index in [0.29, 0.717) is 23.6 Å². The van der Waals surface area contributed by atoms with Gasteiger partial charge in [0.15, 0.2) is 0 Å². The molecule has 1 amide bonds. The number of anilines is 1. The maximum atomic E-state index is 13.2. The van der Waals surface area contributed by atoms with E-state index in [1.807, 2.05) is 6.92 Å². The van der Waals surface area contributed by atoms with Crippen LogP contribution in [0.4, 0.5) is 10.1 Å². The molecule has 1 N–H and O–H groups in total. The van der Waals surface area contributed by atoms with Crippen molar-refractivity contribution in [3.8, 4) is 11.5 Å². The lowest BCUT2D eigenvalue weighted by molar-refractivity contribution is -0.116. The monoisotopic (exact) mass is 376 g/mol. The van der Waals surface area contributed by atoms with Gasteiger partial charge in [0, 0.05) is 24.4 Å². The van der Waals surface area contributed by atoms with Gasteiger partial charge in [-0.05, 0) is 24.3 Å². The number of aryl methyl sites for hydroxylation is 1. The number of aromatic nitrogens is 3. The SMILES string of the molecule is CCc1nnc(-c2ccc(=O)n(CC(=O)Nc3ccc(F)c(Cl)c3)c2)o1. The maximum absolute atomic E-state index is 13.2. The van der Waals surface area contributed by atoms with Gasteiger partial charge in [-0.1, -0.05) is 18.5 Å². The lowest BCUT2D eigenvalue weighted by Crippen LogP contribution is -2.26. The molecule has 0 radical (unpaired) electrons. The van der Waals surface area contributed by atoms with Crippen LogP contribution in [0.2, 0.25) is 5.02 Å². The highest BCUT2D eigenvalue weighted by atomic mass is 35.5. The Morgan fingerprint density at radius 1 is 1.31 bits per heavy atom. The number of benzene rings is 1. The van der Waals surface area contributed by atoms with Crippen LogP contribution in [0.3, 0.4) is 0 Å². The molecule has 0 aliphatic rings. The van der Waals surface area contributed by atoms with Gasteiger partial charge in [-0.3, -0.25) is 9.59 Å². The van der Waals surface area contributed by atoms with Crippen LogP contribution in [0, 0.1) is 5.82 Å². The van der Waals surface area contributed by atoms with Crippen molar-refractivity contribution in [1.82, 2.24) is 14.8 Å². The van der Waals surface area contributed by atoms with E-state index in [9.17, 15) is 14.0 Å². The summed E-state index contributed by atoms with van der Waals surface area (Å²) in [5.74, 6) is -0.309. The quantitative estimate of drug-likeness (QED) is 0.739. The average molecular weight is 377 g/mol. The van der Waals surface area contributed by atoms with E-state index in [2.05, 4.69) is 15.5 Å². The first-order valence-corrected chi connectivity index (χ1v) is 8.12. The van der Waals surface area contributed by atoms with E-state index in [-0.39, 0.29) is 23.0 Å². The number of halogens is 2. The molecule has 0 fully saturated rings. The van der Waals surface area contributed by atoms with Gasteiger partial charge in [0.2, 0.25) is 17.7 Å². The van der Waals surface area contributed by atoms with Crippen molar-refractivity contribution in [1.29, 1.82) is 0 Å². The first-order valence-electron chi connectivity index (χ1n) is 7.74. The highest BCUT2D eigenvalue weighted by Crippen LogP contribution is 2.19. The Kier molecular flexibility index (Phi) is 5.13. The summed E-state index contributed by atoms with van der Waals surface area (Å²) in [6, 6.07) is 6.67. The third-order valence-electron chi connectivity index (χ3n) is 3.52. The van der Waals surface area contributed by atoms with Gasteiger partial charge in [0.1, 0.15) is 12.4 Å². The third-order valence-corrected chi connectivity index (χ3v) is 3.81. The van der Waals surface area contributed by atoms with Gasteiger partial charge in [0.05, 0.1) is 10.6 Å². The predicted octanol–water partition coefficient (Wildman–Crippen LogP) is 2.89. The van der Waals surface area contributed by atoms with Crippen LogP contribution in [0.5, 0.6) is 0 Å². The zero-order chi connectivity index (χ0) is 18.7. The minimum atomic E-state index is -0.584. The van der Waals surface area contributed by atoms with E-state index in [1.165, 1.54) is 29.0 Å². The summed E-state index contributed by atoms with van der Waals surface area (Å²) < 4.78 is 19.8. The lowest BCUT2D eigenvalue weighted by atomic mass is 10.2. The molecule has 1 aromatic carbocycles. The zero-order valence-corrected chi connectivity index (χ0v) is 14.5. The Bertz CT molecular complexity index is 1020. The normalized spacial score (nSPS) is 10.7. The van der Waals surface area contributed by atoms with Crippen molar-refractivity contribution >= 4 is 23.2 Å². The van der Waals surface area contributed by atoms with Gasteiger partial charge < -0.3 is 14.3 Å². The average Bonchev–Trinajstić information content (AvgIpc) is 3.09. The molecule has 0 unspecified atom stereocenters. The Morgan fingerprint density at radius 3 is 2.81 bits per heavy atom. The molecule has 3 rings (SSSR count). The fourth-order valence-electron chi connectivity index (χ4n) is 2.22. The smallest absolute Gasteiger partial charge is 0.251 e. The summed E-state index contributed by atoms with van der Waals surface area (Å²) >= 11 is 5.68. The molecule has 0 saturated heterocycles. The number of rotatable bonds is 5. The summed E-state index contributed by atoms with van der Waals surface area (Å²) in [6.45, 7) is 1.64. The fourth-order valence-corrected chi connectivity index (χ4v) is 2.40. The van der Waals surface area contributed by atoms with Gasteiger partial charge >= 0.3 is 0 Å². The molecular formula is C17H14ClFN4O3. The van der Waals surface area contributed by atoms with Crippen molar-refractivity contribution in [2.75, 3.05) is 5.32 Å². The summed E-state index contributed by atoms with van der Waals surface area (Å²) in [5.41, 5.74) is 0.487. The second-order valence-electron chi connectivity index (χ2n) is 5.42. The first kappa shape index (κ1) is 17.8. The summed E-state index contributed by atoms with van der Waals surface area (Å²) in [4.78, 5) is 24.2. The summed E-state index contributed by atoms with van der Waals surface area (Å²) in [7, 11) is 0. The Morgan fingerprint density at radius 2 is 2.12 bits per heavy atom. The minimum Gasteiger partial charge on any atom is -0.421 e. The van der Waals surface area contributed by atoms with Crippen molar-refractivity contribution in [2.24, 2.45) is 0 Å². The maximum Gasteiger partial charge on any atom is 0.251 e. The number of nitrogens with zero attached hydrogens (tertiary/aromatic N) is 3. The molecule has 0 aliphatic heterocycles. The number of carbonyl (C=O) groups excluding carboxylic acids is 1. The highest BCUT2D eigenvalue weighted by molar-refractivity contribution is 6.31. The van der Waals surface area contributed by atoms with Crippen LogP contribution >= 0.6 is 11.6 Å². The van der Waals surface area contributed by atoms with Gasteiger partial charge in [-0.25, -0.2) is 4.39 Å². The van der Waals surface area contributed by atoms with Crippen LogP contribution in [-0.4, -0.2) is 20.7 Å². The van der Waals surface area contributed by atoms with Crippen LogP contribution in [0.25, 0.3) is 11.5 Å². The third kappa shape index (κ3) is 3.97. The molecule has 9 heteroatoms. The molecule has 7 nitrogen and oxygen atoms in total. The van der Waals surface area contributed by atoms with E-state index in [0.717, 1.165) is 6.07 Å². The molecule has 2 aromatic heterocycles. The molecular weight excluding hydrogens is 363 g/mol. The Balaban J connectivity index is 1.78. The molecule has 3 aromatic rings. The van der Waals surface area contributed by atoms with Gasteiger partial charge in [-0.15, -0.1) is 10.2 Å². The number of carbonyl (C=O) groups is 1. The topological polar surface area (TPSA) is 90.0 Å². The van der Waals surface area contributed by atoms with Crippen LogP contribution in [-0.2, 0) is 17.8 Å². The molecule has 2 heterocycles. The molecule has 134 valence electrons. The van der Waals surface area contributed by atoms with Crippen molar-refractivity contribution < 1.29 is 13.6 Å². The predicted molar refractivity (Wildman–Crippen MR) is 93.4 cm³/mol. The van der Waals surface area contributed by atoms with Crippen molar-refractivity contribution in [3.63, 3.8) is 0 Å². The summed E-state index contributed by atoms with van der Waals surface area (Å²) in [5, 5.41) is 10.2. The number of nitrogens with one attached hydrogen (secondary N) is 1. The number of hydrogen-bond donors (Lipinski definition) is 1. The van der Waals surface area contributed by atoms with Gasteiger partial charge in [-0.2, -0.15) is 0 Å². The van der Waals surface area contributed by atoms with E-state index >= 15 is 0 Å². The van der Waals surface area contributed by atoms with Crippen LogP contribution < -0.4 is 10.9 Å². The number of hydrogen-bond acceptors (Lipinski definition) is 5. The minimum absolute atomic E-state index is 0.106.